The second kappa shape index (κ2) is 5.16. The molecule has 6 heteroatoms. The number of aliphatic carboxylic acids is 1. The number of amides is 2. The van der Waals surface area contributed by atoms with Gasteiger partial charge >= 0.3 is 12.0 Å². The molecule has 1 saturated heterocycles. The highest BCUT2D eigenvalue weighted by molar-refractivity contribution is 5.82. The molecule has 0 radical (unpaired) electrons. The van der Waals surface area contributed by atoms with Crippen molar-refractivity contribution in [1.29, 1.82) is 0 Å². The predicted octanol–water partition coefficient (Wildman–Crippen LogP) is -0.0320. The Bertz CT molecular complexity index is 282. The first-order valence-electron chi connectivity index (χ1n) is 5.36. The van der Waals surface area contributed by atoms with E-state index >= 15 is 0 Å². The van der Waals surface area contributed by atoms with Gasteiger partial charge in [-0.25, -0.2) is 9.59 Å². The number of hydrogen-bond acceptors (Lipinski definition) is 3. The Labute approximate surface area is 94.4 Å². The van der Waals surface area contributed by atoms with Crippen molar-refractivity contribution in [2.75, 3.05) is 20.2 Å². The fourth-order valence-electron chi connectivity index (χ4n) is 1.81. The lowest BCUT2D eigenvalue weighted by Crippen LogP contribution is -2.50. The summed E-state index contributed by atoms with van der Waals surface area (Å²) in [6, 6.07) is -1.35. The fourth-order valence-corrected chi connectivity index (χ4v) is 1.81. The normalized spacial score (nSPS) is 21.9. The van der Waals surface area contributed by atoms with Crippen LogP contribution in [0.1, 0.15) is 19.8 Å². The number of aliphatic hydroxyl groups excluding tert-OH is 1. The molecule has 1 heterocycles. The summed E-state index contributed by atoms with van der Waals surface area (Å²) in [5.41, 5.74) is 0. The van der Waals surface area contributed by atoms with Crippen molar-refractivity contribution < 1.29 is 19.8 Å². The Morgan fingerprint density at radius 3 is 2.69 bits per heavy atom. The van der Waals surface area contributed by atoms with Crippen molar-refractivity contribution >= 4 is 12.0 Å². The molecule has 0 aromatic carbocycles. The molecule has 2 N–H and O–H groups in total. The Morgan fingerprint density at radius 1 is 1.56 bits per heavy atom. The summed E-state index contributed by atoms with van der Waals surface area (Å²) < 4.78 is 0. The topological polar surface area (TPSA) is 81.1 Å². The first kappa shape index (κ1) is 12.8. The molecule has 0 saturated carbocycles. The van der Waals surface area contributed by atoms with E-state index < -0.39 is 12.0 Å². The molecular weight excluding hydrogens is 212 g/mol. The van der Waals surface area contributed by atoms with E-state index in [1.807, 2.05) is 0 Å². The number of urea groups is 1. The zero-order valence-electron chi connectivity index (χ0n) is 9.59. The number of hydrogen-bond donors (Lipinski definition) is 2. The molecule has 2 unspecified atom stereocenters. The lowest BCUT2D eigenvalue weighted by atomic mass is 10.2. The van der Waals surface area contributed by atoms with Crippen LogP contribution in [0.3, 0.4) is 0 Å². The summed E-state index contributed by atoms with van der Waals surface area (Å²) in [7, 11) is 1.47. The van der Waals surface area contributed by atoms with Gasteiger partial charge in [-0.05, 0) is 19.8 Å². The standard InChI is InChI=1S/C10H18N2O4/c1-7(9(14)15)11(2)10(16)12-5-3-4-8(12)6-13/h7-8,13H,3-6H2,1-2H3,(H,14,15). The summed E-state index contributed by atoms with van der Waals surface area (Å²) in [6.45, 7) is 1.98. The van der Waals surface area contributed by atoms with Gasteiger partial charge in [-0.15, -0.1) is 0 Å². The quantitative estimate of drug-likeness (QED) is 0.713. The Kier molecular flexibility index (Phi) is 4.12. The fraction of sp³-hybridized carbons (Fsp3) is 0.800. The van der Waals surface area contributed by atoms with Gasteiger partial charge in [0, 0.05) is 13.6 Å². The second-order valence-corrected chi connectivity index (χ2v) is 4.08. The maximum atomic E-state index is 11.9. The molecular formula is C10H18N2O4. The molecule has 16 heavy (non-hydrogen) atoms. The van der Waals surface area contributed by atoms with Gasteiger partial charge in [-0.2, -0.15) is 0 Å². The largest absolute Gasteiger partial charge is 0.480 e. The SMILES string of the molecule is CC(C(=O)O)N(C)C(=O)N1CCCC1CO. The van der Waals surface area contributed by atoms with Gasteiger partial charge in [0.1, 0.15) is 6.04 Å². The van der Waals surface area contributed by atoms with Gasteiger partial charge in [0.2, 0.25) is 0 Å². The summed E-state index contributed by atoms with van der Waals surface area (Å²) in [5, 5.41) is 17.9. The van der Waals surface area contributed by atoms with Crippen molar-refractivity contribution in [3.8, 4) is 0 Å². The average Bonchev–Trinajstić information content (AvgIpc) is 2.73. The summed E-state index contributed by atoms with van der Waals surface area (Å²) in [5.74, 6) is -1.03. The molecule has 2 atom stereocenters. The summed E-state index contributed by atoms with van der Waals surface area (Å²) in [4.78, 5) is 25.4. The van der Waals surface area contributed by atoms with Crippen LogP contribution in [0, 0.1) is 0 Å². The highest BCUT2D eigenvalue weighted by Gasteiger charge is 2.32. The van der Waals surface area contributed by atoms with Crippen LogP contribution in [-0.2, 0) is 4.79 Å². The van der Waals surface area contributed by atoms with E-state index in [4.69, 9.17) is 10.2 Å². The van der Waals surface area contributed by atoms with Gasteiger partial charge in [-0.1, -0.05) is 0 Å². The van der Waals surface area contributed by atoms with Gasteiger partial charge < -0.3 is 20.0 Å². The summed E-state index contributed by atoms with van der Waals surface area (Å²) >= 11 is 0. The zero-order valence-corrected chi connectivity index (χ0v) is 9.59. The van der Waals surface area contributed by atoms with Crippen LogP contribution in [0.15, 0.2) is 0 Å². The minimum Gasteiger partial charge on any atom is -0.480 e. The van der Waals surface area contributed by atoms with E-state index in [0.29, 0.717) is 6.54 Å². The van der Waals surface area contributed by atoms with E-state index in [-0.39, 0.29) is 18.7 Å². The van der Waals surface area contributed by atoms with Gasteiger partial charge in [0.25, 0.3) is 0 Å². The van der Waals surface area contributed by atoms with Crippen LogP contribution in [0.4, 0.5) is 4.79 Å². The number of aliphatic hydroxyl groups is 1. The van der Waals surface area contributed by atoms with Gasteiger partial charge in [0.05, 0.1) is 12.6 Å². The molecule has 1 aliphatic rings. The number of likely N-dealkylation sites (N-methyl/N-ethyl adjacent to an activating group) is 1. The molecule has 1 aliphatic heterocycles. The third kappa shape index (κ3) is 2.44. The number of likely N-dealkylation sites (tertiary alicyclic amines) is 1. The number of nitrogens with zero attached hydrogens (tertiary/aromatic N) is 2. The van der Waals surface area contributed by atoms with Crippen LogP contribution < -0.4 is 0 Å². The van der Waals surface area contributed by atoms with Crippen LogP contribution in [-0.4, -0.2) is 64.3 Å². The van der Waals surface area contributed by atoms with Crippen LogP contribution in [0.25, 0.3) is 0 Å². The number of carboxylic acids is 1. The Balaban J connectivity index is 2.66. The maximum absolute atomic E-state index is 11.9. The molecule has 2 amide bonds. The molecule has 1 rings (SSSR count). The van der Waals surface area contributed by atoms with E-state index in [1.54, 1.807) is 4.90 Å². The third-order valence-corrected chi connectivity index (χ3v) is 3.07. The average molecular weight is 230 g/mol. The zero-order chi connectivity index (χ0) is 12.3. The van der Waals surface area contributed by atoms with Crippen molar-refractivity contribution in [3.05, 3.63) is 0 Å². The smallest absolute Gasteiger partial charge is 0.326 e. The van der Waals surface area contributed by atoms with Crippen molar-refractivity contribution in [2.45, 2.75) is 31.8 Å². The number of rotatable bonds is 3. The molecule has 92 valence electrons. The number of carbonyl (C=O) groups is 2. The van der Waals surface area contributed by atoms with Crippen molar-refractivity contribution in [3.63, 3.8) is 0 Å². The Hall–Kier alpha value is -1.30. The predicted molar refractivity (Wildman–Crippen MR) is 57.1 cm³/mol. The number of carboxylic acid groups (broad SMARTS) is 1. The van der Waals surface area contributed by atoms with E-state index in [1.165, 1.54) is 18.9 Å². The van der Waals surface area contributed by atoms with Crippen LogP contribution >= 0.6 is 0 Å². The molecule has 0 aromatic heterocycles. The maximum Gasteiger partial charge on any atom is 0.326 e. The lowest BCUT2D eigenvalue weighted by molar-refractivity contribution is -0.141. The monoisotopic (exact) mass is 230 g/mol. The third-order valence-electron chi connectivity index (χ3n) is 3.07. The minimum atomic E-state index is -1.03. The number of carbonyl (C=O) groups excluding carboxylic acids is 1. The summed E-state index contributed by atoms with van der Waals surface area (Å²) in [6.07, 6.45) is 1.63. The van der Waals surface area contributed by atoms with E-state index in [2.05, 4.69) is 0 Å². The van der Waals surface area contributed by atoms with Crippen molar-refractivity contribution in [2.24, 2.45) is 0 Å². The first-order valence-corrected chi connectivity index (χ1v) is 5.36. The molecule has 0 spiro atoms. The van der Waals surface area contributed by atoms with Crippen molar-refractivity contribution in [1.82, 2.24) is 9.80 Å². The molecule has 1 fully saturated rings. The van der Waals surface area contributed by atoms with Gasteiger partial charge in [0.15, 0.2) is 0 Å². The second-order valence-electron chi connectivity index (χ2n) is 4.08. The highest BCUT2D eigenvalue weighted by atomic mass is 16.4. The van der Waals surface area contributed by atoms with Gasteiger partial charge in [-0.3, -0.25) is 0 Å². The molecule has 0 aromatic rings. The molecule has 0 bridgehead atoms. The molecule has 6 nitrogen and oxygen atoms in total. The molecule has 0 aliphatic carbocycles. The lowest BCUT2D eigenvalue weighted by Gasteiger charge is -2.30. The van der Waals surface area contributed by atoms with E-state index in [9.17, 15) is 9.59 Å². The minimum absolute atomic E-state index is 0.0684. The van der Waals surface area contributed by atoms with E-state index in [0.717, 1.165) is 12.8 Å². The Morgan fingerprint density at radius 2 is 2.19 bits per heavy atom. The van der Waals surface area contributed by atoms with Crippen LogP contribution in [0.5, 0.6) is 0 Å². The highest BCUT2D eigenvalue weighted by Crippen LogP contribution is 2.18. The first-order chi connectivity index (χ1) is 7.49. The van der Waals surface area contributed by atoms with Crippen LogP contribution in [0.2, 0.25) is 0 Å².